The van der Waals surface area contributed by atoms with Crippen molar-refractivity contribution in [2.45, 2.75) is 25.1 Å². The summed E-state index contributed by atoms with van der Waals surface area (Å²) in [7, 11) is 4.44. The third-order valence-electron chi connectivity index (χ3n) is 5.43. The van der Waals surface area contributed by atoms with Crippen molar-refractivity contribution in [3.05, 3.63) is 47.5 Å². The zero-order valence-corrected chi connectivity index (χ0v) is 17.3. The molecule has 9 nitrogen and oxygen atoms in total. The molecule has 0 spiro atoms. The van der Waals surface area contributed by atoms with E-state index in [0.29, 0.717) is 29.2 Å². The minimum atomic E-state index is -1.01. The van der Waals surface area contributed by atoms with Crippen molar-refractivity contribution in [1.29, 1.82) is 0 Å². The second-order valence-electron chi connectivity index (χ2n) is 7.10. The first-order valence-electron chi connectivity index (χ1n) is 9.70. The average Bonchev–Trinajstić information content (AvgIpc) is 3.33. The van der Waals surface area contributed by atoms with Gasteiger partial charge in [-0.05, 0) is 42.8 Å². The number of hydrogen-bond donors (Lipinski definition) is 1. The molecule has 1 saturated heterocycles. The first kappa shape index (κ1) is 20.5. The molecule has 2 amide bonds. The molecule has 2 aromatic rings. The summed E-state index contributed by atoms with van der Waals surface area (Å²) in [5, 5.41) is 2.81. The van der Waals surface area contributed by atoms with Crippen LogP contribution in [-0.2, 0) is 14.3 Å². The van der Waals surface area contributed by atoms with Crippen molar-refractivity contribution >= 4 is 23.5 Å². The summed E-state index contributed by atoms with van der Waals surface area (Å²) in [5.74, 6) is 0.00867. The van der Waals surface area contributed by atoms with Crippen molar-refractivity contribution in [1.82, 2.24) is 4.90 Å². The lowest BCUT2D eigenvalue weighted by Gasteiger charge is -2.29. The van der Waals surface area contributed by atoms with Crippen LogP contribution >= 0.6 is 0 Å². The number of carbonyl (C=O) groups excluding carboxylic acids is 3. The Balaban J connectivity index is 1.62. The van der Waals surface area contributed by atoms with E-state index in [1.807, 2.05) is 0 Å². The Morgan fingerprint density at radius 1 is 1.03 bits per heavy atom. The zero-order chi connectivity index (χ0) is 22.1. The predicted molar refractivity (Wildman–Crippen MR) is 109 cm³/mol. The Hall–Kier alpha value is -3.75. The lowest BCUT2D eigenvalue weighted by Crippen LogP contribution is -2.43. The number of fused-ring (bicyclic) bond motifs is 1. The highest BCUT2D eigenvalue weighted by molar-refractivity contribution is 6.01. The van der Waals surface area contributed by atoms with Crippen LogP contribution in [0.3, 0.4) is 0 Å². The fourth-order valence-corrected chi connectivity index (χ4v) is 3.94. The van der Waals surface area contributed by atoms with Gasteiger partial charge in [0.1, 0.15) is 17.4 Å². The van der Waals surface area contributed by atoms with Crippen LogP contribution in [0.5, 0.6) is 17.2 Å². The van der Waals surface area contributed by atoms with Gasteiger partial charge in [0.2, 0.25) is 18.0 Å². The third kappa shape index (κ3) is 3.52. The first-order valence-corrected chi connectivity index (χ1v) is 9.70. The van der Waals surface area contributed by atoms with E-state index in [2.05, 4.69) is 5.32 Å². The van der Waals surface area contributed by atoms with Crippen LogP contribution < -0.4 is 19.5 Å². The van der Waals surface area contributed by atoms with E-state index in [4.69, 9.17) is 18.9 Å². The molecule has 1 fully saturated rings. The summed E-state index contributed by atoms with van der Waals surface area (Å²) in [4.78, 5) is 39.6. The molecule has 0 unspecified atom stereocenters. The minimum Gasteiger partial charge on any atom is -0.497 e. The number of nitrogens with one attached hydrogen (secondary N) is 1. The summed E-state index contributed by atoms with van der Waals surface area (Å²) in [6.07, 6.45) is -0.515. The Morgan fingerprint density at radius 2 is 1.77 bits per heavy atom. The number of rotatable bonds is 6. The van der Waals surface area contributed by atoms with Gasteiger partial charge in [-0.1, -0.05) is 0 Å². The molecule has 0 radical (unpaired) electrons. The SMILES string of the molecule is COc1ccc(NC(=O)[C@H]2CCC(=O)N2[C@H]2OC(=O)c3c2ccc(OC)c3OC)cc1. The van der Waals surface area contributed by atoms with Gasteiger partial charge in [-0.25, -0.2) is 4.79 Å². The molecule has 2 heterocycles. The lowest BCUT2D eigenvalue weighted by molar-refractivity contribution is -0.144. The van der Waals surface area contributed by atoms with Crippen molar-refractivity contribution in [2.75, 3.05) is 26.6 Å². The third-order valence-corrected chi connectivity index (χ3v) is 5.43. The molecule has 2 aliphatic heterocycles. The van der Waals surface area contributed by atoms with Gasteiger partial charge in [0.25, 0.3) is 0 Å². The van der Waals surface area contributed by atoms with Gasteiger partial charge in [-0.15, -0.1) is 0 Å². The summed E-state index contributed by atoms with van der Waals surface area (Å²) >= 11 is 0. The molecule has 31 heavy (non-hydrogen) atoms. The van der Waals surface area contributed by atoms with Crippen molar-refractivity contribution in [3.8, 4) is 17.2 Å². The predicted octanol–water partition coefficient (Wildman–Crippen LogP) is 2.51. The molecule has 2 aliphatic rings. The Labute approximate surface area is 178 Å². The number of ether oxygens (including phenoxy) is 4. The van der Waals surface area contributed by atoms with Gasteiger partial charge in [0.15, 0.2) is 11.5 Å². The van der Waals surface area contributed by atoms with Crippen molar-refractivity contribution in [2.24, 2.45) is 0 Å². The van der Waals surface area contributed by atoms with E-state index in [0.717, 1.165) is 0 Å². The number of carbonyl (C=O) groups is 3. The first-order chi connectivity index (χ1) is 15.0. The molecule has 4 rings (SSSR count). The van der Waals surface area contributed by atoms with Crippen LogP contribution in [0, 0.1) is 0 Å². The standard InChI is InChI=1S/C22H22N2O7/c1-28-13-6-4-12(5-7-13)23-20(26)15-9-11-17(25)24(15)21-14-8-10-16(29-2)19(30-3)18(14)22(27)31-21/h4-8,10,15,21H,9,11H2,1-3H3,(H,23,26)/t15-,21+/m1/s1. The summed E-state index contributed by atoms with van der Waals surface area (Å²) < 4.78 is 21.2. The van der Waals surface area contributed by atoms with Crippen molar-refractivity contribution in [3.63, 3.8) is 0 Å². The van der Waals surface area contributed by atoms with E-state index < -0.39 is 18.2 Å². The number of cyclic esters (lactones) is 1. The molecule has 0 aliphatic carbocycles. The number of methoxy groups -OCH3 is 3. The quantitative estimate of drug-likeness (QED) is 0.708. The molecule has 162 valence electrons. The molecule has 2 aromatic carbocycles. The number of benzene rings is 2. The topological polar surface area (TPSA) is 103 Å². The highest BCUT2D eigenvalue weighted by Crippen LogP contribution is 2.45. The lowest BCUT2D eigenvalue weighted by atomic mass is 10.1. The Bertz CT molecular complexity index is 1030. The van der Waals surface area contributed by atoms with E-state index in [9.17, 15) is 14.4 Å². The molecular formula is C22H22N2O7. The molecule has 0 saturated carbocycles. The molecule has 2 atom stereocenters. The van der Waals surface area contributed by atoms with E-state index >= 15 is 0 Å². The monoisotopic (exact) mass is 426 g/mol. The van der Waals surface area contributed by atoms with Crippen LogP contribution in [0.15, 0.2) is 36.4 Å². The van der Waals surface area contributed by atoms with Crippen LogP contribution in [0.1, 0.15) is 35.0 Å². The highest BCUT2D eigenvalue weighted by atomic mass is 16.6. The Morgan fingerprint density at radius 3 is 2.42 bits per heavy atom. The zero-order valence-electron chi connectivity index (χ0n) is 17.3. The van der Waals surface area contributed by atoms with Crippen molar-refractivity contribution < 1.29 is 33.3 Å². The van der Waals surface area contributed by atoms with Gasteiger partial charge >= 0.3 is 5.97 Å². The highest BCUT2D eigenvalue weighted by Gasteiger charge is 2.47. The number of esters is 1. The van der Waals surface area contributed by atoms with E-state index in [-0.39, 0.29) is 29.5 Å². The second kappa shape index (κ2) is 8.17. The molecule has 1 N–H and O–H groups in total. The fraction of sp³-hybridized carbons (Fsp3) is 0.318. The van der Waals surface area contributed by atoms with Crippen LogP contribution in [0.2, 0.25) is 0 Å². The largest absolute Gasteiger partial charge is 0.497 e. The number of likely N-dealkylation sites (tertiary alicyclic amines) is 1. The normalized spacial score (nSPS) is 19.6. The maximum atomic E-state index is 13.0. The molecule has 9 heteroatoms. The van der Waals surface area contributed by atoms with Crippen LogP contribution in [-0.4, -0.2) is 50.1 Å². The van der Waals surface area contributed by atoms with E-state index in [1.54, 1.807) is 43.5 Å². The molecular weight excluding hydrogens is 404 g/mol. The van der Waals surface area contributed by atoms with Crippen LogP contribution in [0.25, 0.3) is 0 Å². The number of anilines is 1. The fourth-order valence-electron chi connectivity index (χ4n) is 3.94. The van der Waals surface area contributed by atoms with Gasteiger partial charge in [0.05, 0.1) is 21.3 Å². The Kier molecular flexibility index (Phi) is 5.41. The van der Waals surface area contributed by atoms with E-state index in [1.165, 1.54) is 19.1 Å². The summed E-state index contributed by atoms with van der Waals surface area (Å²) in [5.41, 5.74) is 1.22. The number of hydrogen-bond acceptors (Lipinski definition) is 7. The maximum Gasteiger partial charge on any atom is 0.344 e. The smallest absolute Gasteiger partial charge is 0.344 e. The maximum absolute atomic E-state index is 13.0. The average molecular weight is 426 g/mol. The number of amides is 2. The summed E-state index contributed by atoms with van der Waals surface area (Å²) in [6, 6.07) is 9.37. The summed E-state index contributed by atoms with van der Waals surface area (Å²) in [6.45, 7) is 0. The van der Waals surface area contributed by atoms with Gasteiger partial charge in [-0.3, -0.25) is 14.5 Å². The van der Waals surface area contributed by atoms with Gasteiger partial charge in [-0.2, -0.15) is 0 Å². The van der Waals surface area contributed by atoms with Crippen LogP contribution in [0.4, 0.5) is 5.69 Å². The van der Waals surface area contributed by atoms with Gasteiger partial charge < -0.3 is 24.3 Å². The second-order valence-corrected chi connectivity index (χ2v) is 7.10. The molecule has 0 aromatic heterocycles. The number of nitrogens with zero attached hydrogens (tertiary/aromatic N) is 1. The van der Waals surface area contributed by atoms with Gasteiger partial charge in [0, 0.05) is 17.7 Å². The minimum absolute atomic E-state index is 0.178. The molecule has 0 bridgehead atoms.